The van der Waals surface area contributed by atoms with E-state index in [0.717, 1.165) is 32.0 Å². The van der Waals surface area contributed by atoms with Gasteiger partial charge >= 0.3 is 5.97 Å². The number of benzene rings is 1. The summed E-state index contributed by atoms with van der Waals surface area (Å²) in [6, 6.07) is 9.32. The summed E-state index contributed by atoms with van der Waals surface area (Å²) in [7, 11) is 0. The number of ether oxygens (including phenoxy) is 2. The molecule has 0 spiro atoms. The maximum absolute atomic E-state index is 11.3. The molecular formula is C13H18N2O3. The van der Waals surface area contributed by atoms with E-state index >= 15 is 0 Å². The van der Waals surface area contributed by atoms with Gasteiger partial charge in [-0.25, -0.2) is 4.79 Å². The molecule has 0 bridgehead atoms. The zero-order chi connectivity index (χ0) is 12.6. The van der Waals surface area contributed by atoms with E-state index in [4.69, 9.17) is 9.47 Å². The molecule has 1 unspecified atom stereocenters. The van der Waals surface area contributed by atoms with Gasteiger partial charge in [-0.1, -0.05) is 30.3 Å². The molecule has 18 heavy (non-hydrogen) atoms. The molecule has 5 heteroatoms. The molecule has 0 radical (unpaired) electrons. The number of esters is 1. The van der Waals surface area contributed by atoms with Crippen molar-refractivity contribution in [3.05, 3.63) is 35.9 Å². The van der Waals surface area contributed by atoms with Gasteiger partial charge in [-0.05, 0) is 5.56 Å². The molecule has 2 heterocycles. The third-order valence-corrected chi connectivity index (χ3v) is 2.69. The molecule has 0 aromatic heterocycles. The van der Waals surface area contributed by atoms with Crippen molar-refractivity contribution in [1.82, 2.24) is 10.6 Å². The number of nitrogens with one attached hydrogen (secondary N) is 2. The third-order valence-electron chi connectivity index (χ3n) is 2.69. The fourth-order valence-corrected chi connectivity index (χ4v) is 1.78. The van der Waals surface area contributed by atoms with Gasteiger partial charge in [-0.2, -0.15) is 0 Å². The summed E-state index contributed by atoms with van der Waals surface area (Å²) < 4.78 is 9.78. The SMILES string of the molecule is C1COCN1.O=C1OCCNC1c1ccccc1. The Hall–Kier alpha value is -1.43. The number of rotatable bonds is 1. The van der Waals surface area contributed by atoms with E-state index in [1.165, 1.54) is 0 Å². The van der Waals surface area contributed by atoms with E-state index < -0.39 is 0 Å². The number of carbonyl (C=O) groups excluding carboxylic acids is 1. The molecule has 0 amide bonds. The maximum Gasteiger partial charge on any atom is 0.327 e. The molecule has 0 aliphatic carbocycles. The van der Waals surface area contributed by atoms with E-state index in [-0.39, 0.29) is 12.0 Å². The predicted octanol–water partition coefficient (Wildman–Crippen LogP) is 0.438. The lowest BCUT2D eigenvalue weighted by molar-refractivity contribution is -0.149. The number of cyclic esters (lactones) is 1. The van der Waals surface area contributed by atoms with Gasteiger partial charge in [0.15, 0.2) is 0 Å². The van der Waals surface area contributed by atoms with Crippen LogP contribution in [0, 0.1) is 0 Å². The highest BCUT2D eigenvalue weighted by molar-refractivity contribution is 5.78. The highest BCUT2D eigenvalue weighted by Crippen LogP contribution is 2.15. The largest absolute Gasteiger partial charge is 0.463 e. The van der Waals surface area contributed by atoms with Crippen molar-refractivity contribution in [2.75, 3.05) is 33.0 Å². The van der Waals surface area contributed by atoms with Gasteiger partial charge in [-0.15, -0.1) is 0 Å². The lowest BCUT2D eigenvalue weighted by Crippen LogP contribution is -2.38. The number of morpholine rings is 1. The summed E-state index contributed by atoms with van der Waals surface area (Å²) in [5.41, 5.74) is 0.965. The van der Waals surface area contributed by atoms with Crippen LogP contribution < -0.4 is 10.6 Å². The zero-order valence-electron chi connectivity index (χ0n) is 10.2. The smallest absolute Gasteiger partial charge is 0.327 e. The molecule has 2 aliphatic heterocycles. The van der Waals surface area contributed by atoms with E-state index in [0.29, 0.717) is 6.61 Å². The first-order valence-electron chi connectivity index (χ1n) is 6.11. The molecule has 2 N–H and O–H groups in total. The van der Waals surface area contributed by atoms with Crippen LogP contribution in [-0.4, -0.2) is 39.0 Å². The van der Waals surface area contributed by atoms with Crippen molar-refractivity contribution in [2.45, 2.75) is 6.04 Å². The average molecular weight is 250 g/mol. The fourth-order valence-electron chi connectivity index (χ4n) is 1.78. The third kappa shape index (κ3) is 3.80. The molecule has 98 valence electrons. The minimum atomic E-state index is -0.282. The van der Waals surface area contributed by atoms with Gasteiger partial charge in [0.05, 0.1) is 13.3 Å². The highest BCUT2D eigenvalue weighted by Gasteiger charge is 2.24. The van der Waals surface area contributed by atoms with E-state index in [1.54, 1.807) is 0 Å². The molecular weight excluding hydrogens is 232 g/mol. The standard InChI is InChI=1S/C10H11NO2.C3H7NO/c12-10-9(11-6-7-13-10)8-4-2-1-3-5-8;1-2-5-3-4-1/h1-5,9,11H,6-7H2;4H,1-3H2. The van der Waals surface area contributed by atoms with Crippen molar-refractivity contribution in [3.8, 4) is 0 Å². The van der Waals surface area contributed by atoms with Crippen LogP contribution >= 0.6 is 0 Å². The van der Waals surface area contributed by atoms with Crippen LogP contribution in [0.15, 0.2) is 30.3 Å². The van der Waals surface area contributed by atoms with E-state index in [2.05, 4.69) is 10.6 Å². The average Bonchev–Trinajstić information content (AvgIpc) is 2.99. The summed E-state index contributed by atoms with van der Waals surface area (Å²) in [5.74, 6) is -0.183. The molecule has 1 aromatic rings. The van der Waals surface area contributed by atoms with Crippen molar-refractivity contribution in [3.63, 3.8) is 0 Å². The van der Waals surface area contributed by atoms with E-state index in [1.807, 2.05) is 30.3 Å². The second kappa shape index (κ2) is 7.10. The number of carbonyl (C=O) groups is 1. The fraction of sp³-hybridized carbons (Fsp3) is 0.462. The van der Waals surface area contributed by atoms with Gasteiger partial charge in [0.2, 0.25) is 0 Å². The zero-order valence-corrected chi connectivity index (χ0v) is 10.2. The van der Waals surface area contributed by atoms with Crippen LogP contribution in [-0.2, 0) is 14.3 Å². The van der Waals surface area contributed by atoms with Gasteiger partial charge in [0.25, 0.3) is 0 Å². The van der Waals surface area contributed by atoms with Crippen molar-refractivity contribution >= 4 is 5.97 Å². The van der Waals surface area contributed by atoms with Crippen molar-refractivity contribution in [1.29, 1.82) is 0 Å². The quantitative estimate of drug-likeness (QED) is 0.708. The van der Waals surface area contributed by atoms with Gasteiger partial charge < -0.3 is 9.47 Å². The molecule has 0 saturated carbocycles. The van der Waals surface area contributed by atoms with Crippen LogP contribution in [0.1, 0.15) is 11.6 Å². The Kier molecular flexibility index (Phi) is 5.14. The molecule has 2 saturated heterocycles. The molecule has 1 atom stereocenters. The topological polar surface area (TPSA) is 59.6 Å². The van der Waals surface area contributed by atoms with Crippen LogP contribution in [0.25, 0.3) is 0 Å². The Morgan fingerprint density at radius 2 is 1.94 bits per heavy atom. The van der Waals surface area contributed by atoms with Gasteiger partial charge in [0.1, 0.15) is 12.6 Å². The van der Waals surface area contributed by atoms with Gasteiger partial charge in [-0.3, -0.25) is 10.6 Å². The lowest BCUT2D eigenvalue weighted by Gasteiger charge is -2.22. The second-order valence-electron chi connectivity index (χ2n) is 4.02. The Balaban J connectivity index is 0.000000202. The minimum absolute atomic E-state index is 0.183. The highest BCUT2D eigenvalue weighted by atomic mass is 16.5. The van der Waals surface area contributed by atoms with Crippen LogP contribution in [0.3, 0.4) is 0 Å². The van der Waals surface area contributed by atoms with Crippen LogP contribution in [0.4, 0.5) is 0 Å². The Bertz CT molecular complexity index is 358. The van der Waals surface area contributed by atoms with Gasteiger partial charge in [0, 0.05) is 13.1 Å². The lowest BCUT2D eigenvalue weighted by atomic mass is 10.1. The Labute approximate surface area is 106 Å². The molecule has 3 rings (SSSR count). The summed E-state index contributed by atoms with van der Waals surface area (Å²) in [5, 5.41) is 6.11. The molecule has 2 fully saturated rings. The monoisotopic (exact) mass is 250 g/mol. The predicted molar refractivity (Wildman–Crippen MR) is 67.0 cm³/mol. The Morgan fingerprint density at radius 1 is 1.11 bits per heavy atom. The number of hydrogen-bond acceptors (Lipinski definition) is 5. The number of hydrogen-bond donors (Lipinski definition) is 2. The summed E-state index contributed by atoms with van der Waals surface area (Å²) in [6.45, 7) is 3.87. The van der Waals surface area contributed by atoms with Crippen LogP contribution in [0.5, 0.6) is 0 Å². The summed E-state index contributed by atoms with van der Waals surface area (Å²) in [6.07, 6.45) is 0. The normalized spacial score (nSPS) is 22.9. The molecule has 2 aliphatic rings. The first kappa shape index (κ1) is 13.0. The summed E-state index contributed by atoms with van der Waals surface area (Å²) >= 11 is 0. The molecule has 1 aromatic carbocycles. The summed E-state index contributed by atoms with van der Waals surface area (Å²) in [4.78, 5) is 11.3. The minimum Gasteiger partial charge on any atom is -0.463 e. The van der Waals surface area contributed by atoms with Crippen molar-refractivity contribution < 1.29 is 14.3 Å². The second-order valence-corrected chi connectivity index (χ2v) is 4.02. The van der Waals surface area contributed by atoms with E-state index in [9.17, 15) is 4.79 Å². The molecule has 5 nitrogen and oxygen atoms in total. The maximum atomic E-state index is 11.3. The van der Waals surface area contributed by atoms with Crippen LogP contribution in [0.2, 0.25) is 0 Å². The first-order chi connectivity index (χ1) is 8.88. The first-order valence-corrected chi connectivity index (χ1v) is 6.11. The Morgan fingerprint density at radius 3 is 2.50 bits per heavy atom. The van der Waals surface area contributed by atoms with Crippen molar-refractivity contribution in [2.24, 2.45) is 0 Å².